The Morgan fingerprint density at radius 3 is 2.33 bits per heavy atom. The van der Waals surface area contributed by atoms with Crippen LogP contribution in [0.1, 0.15) is 23.3 Å². The minimum Gasteiger partial charge on any atom is -0.467 e. The Hall–Kier alpha value is -1.00. The second-order valence-electron chi connectivity index (χ2n) is 3.94. The van der Waals surface area contributed by atoms with Gasteiger partial charge in [-0.3, -0.25) is 0 Å². The van der Waals surface area contributed by atoms with Crippen LogP contribution < -0.4 is 5.73 Å². The summed E-state index contributed by atoms with van der Waals surface area (Å²) in [4.78, 5) is 0. The second kappa shape index (κ2) is 5.76. The molecule has 96 valence electrons. The monoisotopic (exact) mass is 285 g/mol. The summed E-state index contributed by atoms with van der Waals surface area (Å²) in [6.45, 7) is 0.214. The third-order valence-corrected chi connectivity index (χ3v) is 3.50. The molecule has 2 rings (SSSR count). The Morgan fingerprint density at radius 1 is 1.17 bits per heavy atom. The summed E-state index contributed by atoms with van der Waals surface area (Å²) in [5.74, 6) is 0.0405. The van der Waals surface area contributed by atoms with Gasteiger partial charge in [-0.15, -0.1) is 0 Å². The molecule has 18 heavy (non-hydrogen) atoms. The van der Waals surface area contributed by atoms with E-state index in [2.05, 4.69) is 0 Å². The summed E-state index contributed by atoms with van der Waals surface area (Å²) < 4.78 is 5.19. The van der Waals surface area contributed by atoms with Crippen LogP contribution in [0.5, 0.6) is 0 Å². The molecular formula is C13H13Cl2NO2. The maximum absolute atomic E-state index is 10.3. The van der Waals surface area contributed by atoms with E-state index in [0.29, 0.717) is 21.4 Å². The van der Waals surface area contributed by atoms with Crippen LogP contribution in [-0.2, 0) is 0 Å². The van der Waals surface area contributed by atoms with E-state index in [0.717, 1.165) is 0 Å². The third kappa shape index (κ3) is 2.54. The maximum Gasteiger partial charge on any atom is 0.132 e. The van der Waals surface area contributed by atoms with Crippen LogP contribution in [0.3, 0.4) is 0 Å². The topological polar surface area (TPSA) is 59.4 Å². The van der Waals surface area contributed by atoms with Crippen LogP contribution in [0.15, 0.2) is 41.0 Å². The summed E-state index contributed by atoms with van der Waals surface area (Å²) in [5, 5.41) is 11.3. The summed E-state index contributed by atoms with van der Waals surface area (Å²) in [6, 6.07) is 8.60. The number of benzene rings is 1. The normalized spacial score (nSPS) is 14.4. The van der Waals surface area contributed by atoms with Crippen LogP contribution in [-0.4, -0.2) is 11.7 Å². The van der Waals surface area contributed by atoms with Crippen molar-refractivity contribution < 1.29 is 9.52 Å². The van der Waals surface area contributed by atoms with Crippen molar-refractivity contribution in [1.29, 1.82) is 0 Å². The van der Waals surface area contributed by atoms with Crippen molar-refractivity contribution in [1.82, 2.24) is 0 Å². The van der Waals surface area contributed by atoms with Crippen molar-refractivity contribution in [3.8, 4) is 0 Å². The Labute approximate surface area is 115 Å². The van der Waals surface area contributed by atoms with Gasteiger partial charge in [-0.05, 0) is 29.8 Å². The van der Waals surface area contributed by atoms with E-state index in [9.17, 15) is 5.11 Å². The fraction of sp³-hybridized carbons (Fsp3) is 0.231. The average molecular weight is 286 g/mol. The van der Waals surface area contributed by atoms with Crippen LogP contribution in [0.4, 0.5) is 0 Å². The molecule has 3 N–H and O–H groups in total. The van der Waals surface area contributed by atoms with E-state index in [1.165, 1.54) is 6.26 Å². The van der Waals surface area contributed by atoms with Crippen LogP contribution in [0, 0.1) is 0 Å². The molecule has 0 saturated carbocycles. The molecule has 2 atom stereocenters. The standard InChI is InChI=1S/C13H13Cl2NO2/c14-9-3-1-4-10(15)12(9)8(7-16)13(17)11-5-2-6-18-11/h1-6,8,13,17H,7,16H2. The highest BCUT2D eigenvalue weighted by atomic mass is 35.5. The van der Waals surface area contributed by atoms with E-state index in [1.807, 2.05) is 0 Å². The highest BCUT2D eigenvalue weighted by Crippen LogP contribution is 2.38. The van der Waals surface area contributed by atoms with Crippen LogP contribution in [0.25, 0.3) is 0 Å². The smallest absolute Gasteiger partial charge is 0.132 e. The predicted octanol–water partition coefficient (Wildman–Crippen LogP) is 3.36. The molecule has 1 aromatic heterocycles. The number of hydrogen-bond donors (Lipinski definition) is 2. The zero-order chi connectivity index (χ0) is 13.1. The van der Waals surface area contributed by atoms with Crippen molar-refractivity contribution >= 4 is 23.2 Å². The molecule has 0 saturated heterocycles. The fourth-order valence-corrected chi connectivity index (χ4v) is 2.61. The zero-order valence-corrected chi connectivity index (χ0v) is 11.0. The van der Waals surface area contributed by atoms with E-state index in [4.69, 9.17) is 33.4 Å². The molecule has 0 aliphatic heterocycles. The third-order valence-electron chi connectivity index (χ3n) is 2.84. The Kier molecular flexibility index (Phi) is 4.30. The second-order valence-corrected chi connectivity index (χ2v) is 4.75. The van der Waals surface area contributed by atoms with Gasteiger partial charge >= 0.3 is 0 Å². The summed E-state index contributed by atoms with van der Waals surface area (Å²) in [5.41, 5.74) is 6.38. The number of aliphatic hydroxyl groups is 1. The molecule has 0 radical (unpaired) electrons. The van der Waals surface area contributed by atoms with Gasteiger partial charge in [0.2, 0.25) is 0 Å². The minimum absolute atomic E-state index is 0.214. The lowest BCUT2D eigenvalue weighted by atomic mass is 9.92. The maximum atomic E-state index is 10.3. The molecule has 2 aromatic rings. The number of hydrogen-bond acceptors (Lipinski definition) is 3. The molecule has 0 bridgehead atoms. The van der Waals surface area contributed by atoms with Crippen molar-refractivity contribution in [3.63, 3.8) is 0 Å². The molecule has 0 aliphatic rings. The number of nitrogens with two attached hydrogens (primary N) is 1. The van der Waals surface area contributed by atoms with Gasteiger partial charge < -0.3 is 15.3 Å². The molecule has 3 nitrogen and oxygen atoms in total. The predicted molar refractivity (Wildman–Crippen MR) is 71.9 cm³/mol. The zero-order valence-electron chi connectivity index (χ0n) is 9.51. The van der Waals surface area contributed by atoms with Crippen molar-refractivity contribution in [3.05, 3.63) is 58.0 Å². The first kappa shape index (κ1) is 13.4. The van der Waals surface area contributed by atoms with Gasteiger partial charge in [0.25, 0.3) is 0 Å². The van der Waals surface area contributed by atoms with E-state index >= 15 is 0 Å². The summed E-state index contributed by atoms with van der Waals surface area (Å²) in [7, 11) is 0. The number of rotatable bonds is 4. The first-order chi connectivity index (χ1) is 8.65. The Morgan fingerprint density at radius 2 is 1.83 bits per heavy atom. The van der Waals surface area contributed by atoms with Gasteiger partial charge in [-0.25, -0.2) is 0 Å². The van der Waals surface area contributed by atoms with Gasteiger partial charge in [0.05, 0.1) is 6.26 Å². The van der Waals surface area contributed by atoms with Crippen molar-refractivity contribution in [2.24, 2.45) is 5.73 Å². The molecule has 0 spiro atoms. The largest absolute Gasteiger partial charge is 0.467 e. The SMILES string of the molecule is NCC(c1c(Cl)cccc1Cl)C(O)c1ccco1. The first-order valence-corrected chi connectivity index (χ1v) is 6.26. The molecule has 1 heterocycles. The number of halogens is 2. The Balaban J connectivity index is 2.40. The lowest BCUT2D eigenvalue weighted by Crippen LogP contribution is -2.20. The summed E-state index contributed by atoms with van der Waals surface area (Å²) >= 11 is 12.3. The summed E-state index contributed by atoms with van der Waals surface area (Å²) in [6.07, 6.45) is 0.628. The highest BCUT2D eigenvalue weighted by Gasteiger charge is 2.27. The van der Waals surface area contributed by atoms with E-state index in [1.54, 1.807) is 30.3 Å². The van der Waals surface area contributed by atoms with Crippen LogP contribution >= 0.6 is 23.2 Å². The van der Waals surface area contributed by atoms with Crippen molar-refractivity contribution in [2.75, 3.05) is 6.54 Å². The van der Waals surface area contributed by atoms with E-state index in [-0.39, 0.29) is 6.54 Å². The lowest BCUT2D eigenvalue weighted by Gasteiger charge is -2.22. The van der Waals surface area contributed by atoms with Gasteiger partial charge in [0.15, 0.2) is 0 Å². The van der Waals surface area contributed by atoms with E-state index < -0.39 is 12.0 Å². The molecule has 0 aliphatic carbocycles. The highest BCUT2D eigenvalue weighted by molar-refractivity contribution is 6.36. The lowest BCUT2D eigenvalue weighted by molar-refractivity contribution is 0.122. The first-order valence-electron chi connectivity index (χ1n) is 5.50. The molecule has 1 aromatic carbocycles. The van der Waals surface area contributed by atoms with Gasteiger partial charge in [-0.2, -0.15) is 0 Å². The van der Waals surface area contributed by atoms with Gasteiger partial charge in [0.1, 0.15) is 11.9 Å². The number of furan rings is 1. The fourth-order valence-electron chi connectivity index (χ4n) is 1.93. The molecule has 2 unspecified atom stereocenters. The molecule has 5 heteroatoms. The molecule has 0 fully saturated rings. The minimum atomic E-state index is -0.873. The van der Waals surface area contributed by atoms with Gasteiger partial charge in [0, 0.05) is 22.5 Å². The van der Waals surface area contributed by atoms with Crippen molar-refractivity contribution in [2.45, 2.75) is 12.0 Å². The van der Waals surface area contributed by atoms with Crippen LogP contribution in [0.2, 0.25) is 10.0 Å². The Bertz CT molecular complexity index is 493. The van der Waals surface area contributed by atoms with Gasteiger partial charge in [-0.1, -0.05) is 29.3 Å². The number of aliphatic hydroxyl groups excluding tert-OH is 1. The molecule has 0 amide bonds. The quantitative estimate of drug-likeness (QED) is 0.906. The average Bonchev–Trinajstić information content (AvgIpc) is 2.87. The molecular weight excluding hydrogens is 273 g/mol.